The molecule has 1 amide bonds. The van der Waals surface area contributed by atoms with Crippen LogP contribution in [0.3, 0.4) is 0 Å². The zero-order valence-corrected chi connectivity index (χ0v) is 13.6. The second kappa shape index (κ2) is 9.70. The minimum atomic E-state index is 0.0364. The van der Waals surface area contributed by atoms with Crippen molar-refractivity contribution in [3.63, 3.8) is 0 Å². The summed E-state index contributed by atoms with van der Waals surface area (Å²) in [4.78, 5) is 12.1. The number of carbonyl (C=O) groups excluding carboxylic acids is 1. The van der Waals surface area contributed by atoms with Crippen LogP contribution in [0.5, 0.6) is 0 Å². The Balaban J connectivity index is 2.29. The Morgan fingerprint density at radius 3 is 2.60 bits per heavy atom. The van der Waals surface area contributed by atoms with Crippen molar-refractivity contribution in [3.05, 3.63) is 29.3 Å². The molecule has 0 unspecified atom stereocenters. The molecule has 0 aliphatic rings. The van der Waals surface area contributed by atoms with E-state index >= 15 is 0 Å². The summed E-state index contributed by atoms with van der Waals surface area (Å²) >= 11 is 1.90. The zero-order chi connectivity index (χ0) is 14.8. The number of hydrogen-bond donors (Lipinski definition) is 2. The number of anilines is 1. The first-order valence-corrected chi connectivity index (χ1v) is 8.64. The summed E-state index contributed by atoms with van der Waals surface area (Å²) in [7, 11) is 1.88. The molecular formula is C16H26N2OS. The Labute approximate surface area is 126 Å². The highest BCUT2D eigenvalue weighted by Crippen LogP contribution is 2.14. The Morgan fingerprint density at radius 2 is 1.95 bits per heavy atom. The number of nitrogens with one attached hydrogen (secondary N) is 2. The van der Waals surface area contributed by atoms with Crippen molar-refractivity contribution in [1.29, 1.82) is 0 Å². The van der Waals surface area contributed by atoms with E-state index in [0.717, 1.165) is 29.8 Å². The highest BCUT2D eigenvalue weighted by molar-refractivity contribution is 7.98. The number of aryl methyl sites for hydroxylation is 1. The third-order valence-corrected chi connectivity index (χ3v) is 4.02. The van der Waals surface area contributed by atoms with Gasteiger partial charge in [-0.25, -0.2) is 0 Å². The first kappa shape index (κ1) is 16.9. The van der Waals surface area contributed by atoms with Crippen molar-refractivity contribution < 1.29 is 4.79 Å². The van der Waals surface area contributed by atoms with E-state index in [0.29, 0.717) is 0 Å². The predicted molar refractivity (Wildman–Crippen MR) is 89.9 cm³/mol. The SMILES string of the molecule is CNc1ccc(C(=O)NCCCCCCSC)c(C)c1. The van der Waals surface area contributed by atoms with Crippen LogP contribution >= 0.6 is 11.8 Å². The van der Waals surface area contributed by atoms with E-state index in [1.165, 1.54) is 25.0 Å². The van der Waals surface area contributed by atoms with Gasteiger partial charge in [0.15, 0.2) is 0 Å². The molecular weight excluding hydrogens is 268 g/mol. The fraction of sp³-hybridized carbons (Fsp3) is 0.562. The van der Waals surface area contributed by atoms with Crippen LogP contribution in [-0.4, -0.2) is 31.5 Å². The molecule has 0 aromatic heterocycles. The minimum absolute atomic E-state index is 0.0364. The summed E-state index contributed by atoms with van der Waals surface area (Å²) in [6, 6.07) is 5.82. The van der Waals surface area contributed by atoms with Crippen LogP contribution < -0.4 is 10.6 Å². The van der Waals surface area contributed by atoms with E-state index in [-0.39, 0.29) is 5.91 Å². The number of benzene rings is 1. The average Bonchev–Trinajstić information content (AvgIpc) is 2.45. The Bertz CT molecular complexity index is 421. The molecule has 0 aliphatic heterocycles. The smallest absolute Gasteiger partial charge is 0.251 e. The second-order valence-electron chi connectivity index (χ2n) is 4.94. The number of hydrogen-bond acceptors (Lipinski definition) is 3. The molecule has 0 saturated heterocycles. The predicted octanol–water partition coefficient (Wildman–Crippen LogP) is 3.69. The molecule has 4 heteroatoms. The van der Waals surface area contributed by atoms with Crippen LogP contribution in [-0.2, 0) is 0 Å². The van der Waals surface area contributed by atoms with Crippen LogP contribution in [0.2, 0.25) is 0 Å². The molecule has 1 aromatic carbocycles. The van der Waals surface area contributed by atoms with E-state index in [2.05, 4.69) is 16.9 Å². The number of rotatable bonds is 9. The lowest BCUT2D eigenvalue weighted by Crippen LogP contribution is -2.25. The zero-order valence-electron chi connectivity index (χ0n) is 12.8. The minimum Gasteiger partial charge on any atom is -0.388 e. The molecule has 112 valence electrons. The van der Waals surface area contributed by atoms with E-state index < -0.39 is 0 Å². The summed E-state index contributed by atoms with van der Waals surface area (Å²) in [5, 5.41) is 6.08. The van der Waals surface area contributed by atoms with Gasteiger partial charge in [-0.05, 0) is 55.5 Å². The quantitative estimate of drug-likeness (QED) is 0.682. The average molecular weight is 294 g/mol. The van der Waals surface area contributed by atoms with Gasteiger partial charge >= 0.3 is 0 Å². The largest absolute Gasteiger partial charge is 0.388 e. The molecule has 2 N–H and O–H groups in total. The van der Waals surface area contributed by atoms with E-state index in [1.54, 1.807) is 0 Å². The lowest BCUT2D eigenvalue weighted by atomic mass is 10.1. The number of carbonyl (C=O) groups is 1. The van der Waals surface area contributed by atoms with Gasteiger partial charge in [-0.1, -0.05) is 12.8 Å². The Hall–Kier alpha value is -1.16. The lowest BCUT2D eigenvalue weighted by molar-refractivity contribution is 0.0952. The van der Waals surface area contributed by atoms with Crippen molar-refractivity contribution >= 4 is 23.4 Å². The Kier molecular flexibility index (Phi) is 8.19. The maximum absolute atomic E-state index is 12.1. The fourth-order valence-corrected chi connectivity index (χ4v) is 2.59. The molecule has 1 aromatic rings. The van der Waals surface area contributed by atoms with Gasteiger partial charge in [-0.15, -0.1) is 0 Å². The molecule has 0 radical (unpaired) electrons. The van der Waals surface area contributed by atoms with Gasteiger partial charge < -0.3 is 10.6 Å². The summed E-state index contributed by atoms with van der Waals surface area (Å²) in [5.41, 5.74) is 2.81. The normalized spacial score (nSPS) is 10.3. The molecule has 0 atom stereocenters. The highest BCUT2D eigenvalue weighted by Gasteiger charge is 2.08. The van der Waals surface area contributed by atoms with Gasteiger partial charge in [0, 0.05) is 24.8 Å². The molecule has 0 aliphatic carbocycles. The fourth-order valence-electron chi connectivity index (χ4n) is 2.10. The van der Waals surface area contributed by atoms with Crippen molar-refractivity contribution in [2.45, 2.75) is 32.6 Å². The van der Waals surface area contributed by atoms with Crippen molar-refractivity contribution in [2.24, 2.45) is 0 Å². The molecule has 0 fully saturated rings. The van der Waals surface area contributed by atoms with Crippen LogP contribution in [0.4, 0.5) is 5.69 Å². The standard InChI is InChI=1S/C16H26N2OS/c1-13-12-14(17-2)8-9-15(13)16(19)18-10-6-4-5-7-11-20-3/h8-9,12,17H,4-7,10-11H2,1-3H3,(H,18,19). The summed E-state index contributed by atoms with van der Waals surface area (Å²) in [5.74, 6) is 1.28. The van der Waals surface area contributed by atoms with Crippen molar-refractivity contribution in [2.75, 3.05) is 30.9 Å². The molecule has 0 saturated carbocycles. The first-order valence-electron chi connectivity index (χ1n) is 7.24. The third-order valence-electron chi connectivity index (χ3n) is 3.32. The maximum atomic E-state index is 12.1. The highest BCUT2D eigenvalue weighted by atomic mass is 32.2. The van der Waals surface area contributed by atoms with Gasteiger partial charge in [-0.2, -0.15) is 11.8 Å². The summed E-state index contributed by atoms with van der Waals surface area (Å²) < 4.78 is 0. The monoisotopic (exact) mass is 294 g/mol. The molecule has 0 spiro atoms. The van der Waals surface area contributed by atoms with Crippen LogP contribution in [0.25, 0.3) is 0 Å². The van der Waals surface area contributed by atoms with Gasteiger partial charge in [-0.3, -0.25) is 4.79 Å². The number of thioether (sulfide) groups is 1. The summed E-state index contributed by atoms with van der Waals surface area (Å²) in [6.07, 6.45) is 6.93. The maximum Gasteiger partial charge on any atom is 0.251 e. The molecule has 20 heavy (non-hydrogen) atoms. The van der Waals surface area contributed by atoms with Crippen LogP contribution in [0, 0.1) is 6.92 Å². The van der Waals surface area contributed by atoms with Gasteiger partial charge in [0.05, 0.1) is 0 Å². The van der Waals surface area contributed by atoms with E-state index in [4.69, 9.17) is 0 Å². The third kappa shape index (κ3) is 5.87. The summed E-state index contributed by atoms with van der Waals surface area (Å²) in [6.45, 7) is 2.74. The van der Waals surface area contributed by atoms with E-state index in [9.17, 15) is 4.79 Å². The lowest BCUT2D eigenvalue weighted by Gasteiger charge is -2.09. The first-order chi connectivity index (χ1) is 9.69. The van der Waals surface area contributed by atoms with Crippen molar-refractivity contribution in [3.8, 4) is 0 Å². The van der Waals surface area contributed by atoms with E-state index in [1.807, 2.05) is 43.9 Å². The Morgan fingerprint density at radius 1 is 1.20 bits per heavy atom. The van der Waals surface area contributed by atoms with Gasteiger partial charge in [0.2, 0.25) is 0 Å². The number of amides is 1. The van der Waals surface area contributed by atoms with Crippen molar-refractivity contribution in [1.82, 2.24) is 5.32 Å². The van der Waals surface area contributed by atoms with Crippen LogP contribution in [0.1, 0.15) is 41.6 Å². The molecule has 0 bridgehead atoms. The molecule has 0 heterocycles. The van der Waals surface area contributed by atoms with Gasteiger partial charge in [0.1, 0.15) is 0 Å². The van der Waals surface area contributed by atoms with Crippen LogP contribution in [0.15, 0.2) is 18.2 Å². The molecule has 1 rings (SSSR count). The number of unbranched alkanes of at least 4 members (excludes halogenated alkanes) is 3. The topological polar surface area (TPSA) is 41.1 Å². The molecule has 3 nitrogen and oxygen atoms in total. The second-order valence-corrected chi connectivity index (χ2v) is 5.93. The van der Waals surface area contributed by atoms with Gasteiger partial charge in [0.25, 0.3) is 5.91 Å².